The molecule has 4 fully saturated rings. The predicted octanol–water partition coefficient (Wildman–Crippen LogP) is 6.12. The fourth-order valence-corrected chi connectivity index (χ4v) is 11.3. The topological polar surface area (TPSA) is 174 Å². The average Bonchev–Trinajstić information content (AvgIpc) is 3.69. The molecule has 0 bridgehead atoms. The van der Waals surface area contributed by atoms with E-state index < -0.39 is 35.3 Å². The lowest BCUT2D eigenvalue weighted by Crippen LogP contribution is -2.65. The van der Waals surface area contributed by atoms with Gasteiger partial charge in [-0.05, 0) is 120 Å². The first-order valence-corrected chi connectivity index (χ1v) is 21.3. The van der Waals surface area contributed by atoms with Crippen molar-refractivity contribution in [3.63, 3.8) is 0 Å². The number of piperidine rings is 1. The van der Waals surface area contributed by atoms with E-state index in [1.165, 1.54) is 12.8 Å². The van der Waals surface area contributed by atoms with Gasteiger partial charge >= 0.3 is 0 Å². The highest BCUT2D eigenvalue weighted by Gasteiger charge is 2.53. The molecule has 2 saturated heterocycles. The molecular weight excluding hydrogens is 755 g/mol. The van der Waals surface area contributed by atoms with Gasteiger partial charge in [-0.1, -0.05) is 12.1 Å². The Kier molecular flexibility index (Phi) is 9.72. The Balaban J connectivity index is 0.750. The van der Waals surface area contributed by atoms with Crippen LogP contribution in [0.25, 0.3) is 10.2 Å². The van der Waals surface area contributed by atoms with E-state index in [2.05, 4.69) is 25.8 Å². The highest BCUT2D eigenvalue weighted by Crippen LogP contribution is 2.55. The molecule has 2 saturated carbocycles. The number of rotatable bonds is 10. The molecule has 4 aromatic rings. The van der Waals surface area contributed by atoms with Gasteiger partial charge in [0.05, 0.1) is 32.0 Å². The van der Waals surface area contributed by atoms with Crippen molar-refractivity contribution < 1.29 is 29.1 Å². The summed E-state index contributed by atoms with van der Waals surface area (Å²) in [5, 5.41) is 20.8. The number of aromatic nitrogens is 2. The van der Waals surface area contributed by atoms with Gasteiger partial charge < -0.3 is 15.7 Å². The van der Waals surface area contributed by atoms with Crippen LogP contribution in [-0.4, -0.2) is 86.1 Å². The zero-order valence-corrected chi connectivity index (χ0v) is 33.9. The second kappa shape index (κ2) is 14.6. The van der Waals surface area contributed by atoms with Crippen molar-refractivity contribution in [2.45, 2.75) is 102 Å². The van der Waals surface area contributed by atoms with Crippen molar-refractivity contribution in [3.05, 3.63) is 81.6 Å². The minimum atomic E-state index is -1.18. The number of pyridine rings is 1. The summed E-state index contributed by atoms with van der Waals surface area (Å²) in [5.41, 5.74) is 3.57. The summed E-state index contributed by atoms with van der Waals surface area (Å²) in [4.78, 5) is 77.0. The molecule has 1 unspecified atom stereocenters. The first-order chi connectivity index (χ1) is 27.7. The number of benzene rings is 2. The Labute approximate surface area is 341 Å². The largest absolute Gasteiger partial charge is 0.386 e. The van der Waals surface area contributed by atoms with Crippen LogP contribution in [0.5, 0.6) is 0 Å². The van der Waals surface area contributed by atoms with Gasteiger partial charge in [-0.3, -0.25) is 39.1 Å². The van der Waals surface area contributed by atoms with Gasteiger partial charge in [-0.25, -0.2) is 9.97 Å². The lowest BCUT2D eigenvalue weighted by molar-refractivity contribution is -0.136. The van der Waals surface area contributed by atoms with Crippen molar-refractivity contribution in [2.24, 2.45) is 11.3 Å². The van der Waals surface area contributed by atoms with E-state index in [0.717, 1.165) is 71.0 Å². The van der Waals surface area contributed by atoms with Crippen LogP contribution in [-0.2, 0) is 15.2 Å². The van der Waals surface area contributed by atoms with E-state index in [-0.39, 0.29) is 18.7 Å². The average molecular weight is 804 g/mol. The molecule has 0 radical (unpaired) electrons. The minimum absolute atomic E-state index is 0.0922. The normalized spacial score (nSPS) is 23.4. The zero-order valence-electron chi connectivity index (χ0n) is 33.1. The lowest BCUT2D eigenvalue weighted by Gasteiger charge is -2.62. The molecule has 2 aromatic carbocycles. The fourth-order valence-electron chi connectivity index (χ4n) is 10.1. The van der Waals surface area contributed by atoms with Gasteiger partial charge in [-0.15, -0.1) is 11.3 Å². The summed E-state index contributed by atoms with van der Waals surface area (Å²) in [6.45, 7) is 8.28. The zero-order chi connectivity index (χ0) is 40.5. The van der Waals surface area contributed by atoms with Crippen molar-refractivity contribution in [1.82, 2.24) is 25.1 Å². The summed E-state index contributed by atoms with van der Waals surface area (Å²) < 4.78 is 0.990. The monoisotopic (exact) mass is 803 g/mol. The highest BCUT2D eigenvalue weighted by atomic mass is 32.1. The molecule has 58 heavy (non-hydrogen) atoms. The number of hydrogen-bond acceptors (Lipinski definition) is 11. The van der Waals surface area contributed by atoms with Gasteiger partial charge in [0.1, 0.15) is 11.7 Å². The first kappa shape index (κ1) is 38.5. The molecule has 302 valence electrons. The molecule has 1 spiro atoms. The van der Waals surface area contributed by atoms with Gasteiger partial charge in [-0.2, -0.15) is 0 Å². The smallest absolute Gasteiger partial charge is 0.274 e. The molecule has 14 heteroatoms. The Morgan fingerprint density at radius 2 is 1.72 bits per heavy atom. The van der Waals surface area contributed by atoms with E-state index in [1.54, 1.807) is 43.4 Å². The highest BCUT2D eigenvalue weighted by molar-refractivity contribution is 7.18. The second-order valence-electron chi connectivity index (χ2n) is 17.7. The number of nitrogens with zero attached hydrogens (tertiary/aromatic N) is 4. The number of likely N-dealkylation sites (tertiary alicyclic amines) is 1. The van der Waals surface area contributed by atoms with Crippen LogP contribution >= 0.6 is 11.3 Å². The van der Waals surface area contributed by atoms with Crippen molar-refractivity contribution in [1.29, 1.82) is 0 Å². The minimum Gasteiger partial charge on any atom is -0.386 e. The quantitative estimate of drug-likeness (QED) is 0.137. The van der Waals surface area contributed by atoms with Gasteiger partial charge in [0.15, 0.2) is 0 Å². The Morgan fingerprint density at radius 3 is 2.45 bits per heavy atom. The number of fused-ring (bicyclic) bond motifs is 2. The predicted molar refractivity (Wildman–Crippen MR) is 220 cm³/mol. The molecule has 5 aliphatic rings. The molecule has 4 N–H and O–H groups in total. The number of imide groups is 2. The molecule has 1 atom stereocenters. The van der Waals surface area contributed by atoms with Crippen molar-refractivity contribution in [2.75, 3.05) is 30.3 Å². The number of anilines is 2. The lowest BCUT2D eigenvalue weighted by atomic mass is 9.56. The van der Waals surface area contributed by atoms with Crippen LogP contribution in [0.2, 0.25) is 0 Å². The van der Waals surface area contributed by atoms with E-state index >= 15 is 0 Å². The van der Waals surface area contributed by atoms with E-state index in [0.29, 0.717) is 63.6 Å². The number of carbonyl (C=O) groups is 5. The van der Waals surface area contributed by atoms with Crippen LogP contribution in [0.15, 0.2) is 48.5 Å². The van der Waals surface area contributed by atoms with Crippen LogP contribution in [0, 0.1) is 18.3 Å². The molecular formula is C44H49N7O6S. The van der Waals surface area contributed by atoms with Crippen LogP contribution in [0.1, 0.15) is 125 Å². The maximum Gasteiger partial charge on any atom is 0.274 e. The van der Waals surface area contributed by atoms with Crippen molar-refractivity contribution >= 4 is 62.5 Å². The Bertz CT molecular complexity index is 2350. The number of aliphatic hydroxyl groups is 1. The molecule has 9 rings (SSSR count). The van der Waals surface area contributed by atoms with Crippen molar-refractivity contribution in [3.8, 4) is 0 Å². The summed E-state index contributed by atoms with van der Waals surface area (Å²) in [6, 6.07) is 14.0. The summed E-state index contributed by atoms with van der Waals surface area (Å²) in [7, 11) is 0. The fraction of sp³-hybridized carbons (Fsp3) is 0.477. The first-order valence-electron chi connectivity index (χ1n) is 20.5. The Hall–Kier alpha value is -5.05. The number of nitrogens with one attached hydrogen (secondary N) is 3. The maximum atomic E-state index is 13.4. The summed E-state index contributed by atoms with van der Waals surface area (Å²) >= 11 is 1.68. The summed E-state index contributed by atoms with van der Waals surface area (Å²) in [5.74, 6) is -1.28. The number of carbonyl (C=O) groups excluding carboxylic acids is 5. The van der Waals surface area contributed by atoms with Gasteiger partial charge in [0.2, 0.25) is 11.8 Å². The molecule has 5 amide bonds. The molecule has 3 aliphatic heterocycles. The van der Waals surface area contributed by atoms with E-state index in [4.69, 9.17) is 4.98 Å². The van der Waals surface area contributed by atoms with Crippen LogP contribution in [0.4, 0.5) is 11.4 Å². The third-order valence-electron chi connectivity index (χ3n) is 13.0. The van der Waals surface area contributed by atoms with Crippen LogP contribution in [0.3, 0.4) is 0 Å². The molecule has 13 nitrogen and oxygen atoms in total. The Morgan fingerprint density at radius 1 is 0.966 bits per heavy atom. The number of thiazole rings is 1. The van der Waals surface area contributed by atoms with Crippen LogP contribution < -0.4 is 16.0 Å². The molecule has 2 aliphatic carbocycles. The maximum absolute atomic E-state index is 13.4. The van der Waals surface area contributed by atoms with Gasteiger partial charge in [0.25, 0.3) is 17.7 Å². The standard InChI is InChI=1S/C44H49N7O6S/c1-24-6-4-9-31(46-24)38(53)47-32-19-35-33(18-29(32)43(2,3)57)48-40(58-35)26-10-12-27(13-11-26)50-22-44(23-50)20-25(21-44)16-17-45-30-8-5-7-28-37(30)42(56)51(41(28)55)34-14-15-36(52)49-39(34)54/h4-9,18-19,25-27,34,45,57H,10-17,20-23H2,1-3H3,(H,47,53)(H,49,52,54)/t26-,27+,34?. The third-order valence-corrected chi connectivity index (χ3v) is 14.2. The molecule has 5 heterocycles. The second-order valence-corrected chi connectivity index (χ2v) is 18.7. The molecule has 2 aromatic heterocycles. The number of aryl methyl sites for hydroxylation is 1. The third kappa shape index (κ3) is 7.08. The summed E-state index contributed by atoms with van der Waals surface area (Å²) in [6.07, 6.45) is 8.09. The SMILES string of the molecule is Cc1cccc(C(=O)Nc2cc3sc([C@H]4CC[C@@H](N5CC6(CC(CCNc7cccc8c7C(=O)N(C7CCC(=O)NC7=O)C8=O)C6)C5)CC4)nc3cc2C(C)(C)O)n1. The number of hydrogen-bond donors (Lipinski definition) is 4. The number of amides is 5. The van der Waals surface area contributed by atoms with E-state index in [9.17, 15) is 29.1 Å². The van der Waals surface area contributed by atoms with Gasteiger partial charge in [0, 0.05) is 60.6 Å². The van der Waals surface area contributed by atoms with E-state index in [1.807, 2.05) is 37.3 Å².